The average Bonchev–Trinajstić information content (AvgIpc) is 2.68. The van der Waals surface area contributed by atoms with Crippen molar-refractivity contribution < 1.29 is 4.79 Å². The number of nitrogens with one attached hydrogen (secondary N) is 2. The molecule has 0 saturated heterocycles. The fourth-order valence-electron chi connectivity index (χ4n) is 3.51. The summed E-state index contributed by atoms with van der Waals surface area (Å²) in [7, 11) is 3.55. The van der Waals surface area contributed by atoms with Crippen molar-refractivity contribution in [2.75, 3.05) is 33.7 Å². The Morgan fingerprint density at radius 2 is 1.96 bits per heavy atom. The Morgan fingerprint density at radius 3 is 2.71 bits per heavy atom. The zero-order chi connectivity index (χ0) is 19.9. The van der Waals surface area contributed by atoms with Crippen LogP contribution in [0.15, 0.2) is 53.5 Å². The van der Waals surface area contributed by atoms with E-state index in [1.807, 2.05) is 18.2 Å². The van der Waals surface area contributed by atoms with Crippen molar-refractivity contribution in [3.05, 3.63) is 70.8 Å². The fourth-order valence-corrected chi connectivity index (χ4v) is 3.51. The largest absolute Gasteiger partial charge is 0.357 e. The minimum absolute atomic E-state index is 0.0329. The number of aliphatic imine (C=N–C) groups is 1. The van der Waals surface area contributed by atoms with Gasteiger partial charge in [0.2, 0.25) is 0 Å². The third-order valence-electron chi connectivity index (χ3n) is 5.06. The third kappa shape index (κ3) is 4.91. The second kappa shape index (κ2) is 9.40. The van der Waals surface area contributed by atoms with Crippen LogP contribution in [0.4, 0.5) is 0 Å². The summed E-state index contributed by atoms with van der Waals surface area (Å²) in [5.74, 6) is 1.42. The Hall–Kier alpha value is -2.82. The molecule has 5 nitrogen and oxygen atoms in total. The van der Waals surface area contributed by atoms with Gasteiger partial charge in [0, 0.05) is 45.2 Å². The maximum atomic E-state index is 12.1. The second-order valence-electron chi connectivity index (χ2n) is 7.40. The van der Waals surface area contributed by atoms with Crippen molar-refractivity contribution in [1.29, 1.82) is 0 Å². The predicted octanol–water partition coefficient (Wildman–Crippen LogP) is 2.83. The number of guanidine groups is 1. The summed E-state index contributed by atoms with van der Waals surface area (Å²) < 4.78 is 0. The molecule has 148 valence electrons. The van der Waals surface area contributed by atoms with Gasteiger partial charge in [-0.1, -0.05) is 36.4 Å². The molecule has 0 radical (unpaired) electrons. The Bertz CT molecular complexity index is 844. The van der Waals surface area contributed by atoms with E-state index in [0.717, 1.165) is 49.6 Å². The van der Waals surface area contributed by atoms with Crippen LogP contribution in [0.1, 0.15) is 39.9 Å². The van der Waals surface area contributed by atoms with Gasteiger partial charge in [-0.05, 0) is 48.6 Å². The number of hydrogen-bond acceptors (Lipinski definition) is 2. The van der Waals surface area contributed by atoms with E-state index in [0.29, 0.717) is 5.92 Å². The molecule has 28 heavy (non-hydrogen) atoms. The normalized spacial score (nSPS) is 15.4. The molecule has 3 rings (SSSR count). The minimum Gasteiger partial charge on any atom is -0.357 e. The number of benzene rings is 2. The van der Waals surface area contributed by atoms with E-state index in [2.05, 4.69) is 47.9 Å². The molecule has 0 aliphatic heterocycles. The summed E-state index contributed by atoms with van der Waals surface area (Å²) in [6, 6.07) is 16.5. The van der Waals surface area contributed by atoms with Gasteiger partial charge in [0.15, 0.2) is 5.96 Å². The number of rotatable bonds is 7. The molecule has 0 heterocycles. The first-order chi connectivity index (χ1) is 13.6. The zero-order valence-corrected chi connectivity index (χ0v) is 17.0. The molecular weight excluding hydrogens is 348 g/mol. The highest BCUT2D eigenvalue weighted by molar-refractivity contribution is 5.94. The zero-order valence-electron chi connectivity index (χ0n) is 17.0. The van der Waals surface area contributed by atoms with Gasteiger partial charge in [0.1, 0.15) is 0 Å². The lowest BCUT2D eigenvalue weighted by Crippen LogP contribution is -2.39. The van der Waals surface area contributed by atoms with Crippen molar-refractivity contribution in [3.8, 4) is 0 Å². The first-order valence-corrected chi connectivity index (χ1v) is 9.99. The fraction of sp³-hybridized carbons (Fsp3) is 0.391. The summed E-state index contributed by atoms with van der Waals surface area (Å²) >= 11 is 0. The molecule has 0 spiro atoms. The lowest BCUT2D eigenvalue weighted by atomic mass is 9.78. The van der Waals surface area contributed by atoms with Crippen molar-refractivity contribution >= 4 is 11.9 Å². The Morgan fingerprint density at radius 1 is 1.14 bits per heavy atom. The maximum absolute atomic E-state index is 12.1. The summed E-state index contributed by atoms with van der Waals surface area (Å²) in [6.45, 7) is 4.48. The molecule has 5 heteroatoms. The standard InChI is InChI=1S/C23H30N4O/c1-4-24-23(26-16-20-15-18-9-5-6-11-21(18)20)25-13-12-17-8-7-10-19(14-17)22(28)27(2)3/h5-11,14,20H,4,12-13,15-16H2,1-3H3,(H2,24,25,26). The van der Waals surface area contributed by atoms with Crippen LogP contribution in [0.3, 0.4) is 0 Å². The Labute approximate surface area is 167 Å². The van der Waals surface area contributed by atoms with Crippen molar-refractivity contribution in [2.24, 2.45) is 4.99 Å². The van der Waals surface area contributed by atoms with Crippen molar-refractivity contribution in [1.82, 2.24) is 15.5 Å². The van der Waals surface area contributed by atoms with E-state index >= 15 is 0 Å². The summed E-state index contributed by atoms with van der Waals surface area (Å²) in [5, 5.41) is 6.73. The Kier molecular flexibility index (Phi) is 6.69. The molecule has 1 amide bonds. The number of amides is 1. The van der Waals surface area contributed by atoms with Crippen molar-refractivity contribution in [3.63, 3.8) is 0 Å². The number of carbonyl (C=O) groups is 1. The molecule has 1 aliphatic carbocycles. The van der Waals surface area contributed by atoms with Gasteiger partial charge >= 0.3 is 0 Å². The highest BCUT2D eigenvalue weighted by atomic mass is 16.2. The topological polar surface area (TPSA) is 56.7 Å². The molecule has 1 atom stereocenters. The van der Waals surface area contributed by atoms with Crippen LogP contribution >= 0.6 is 0 Å². The van der Waals surface area contributed by atoms with E-state index in [9.17, 15) is 4.79 Å². The summed E-state index contributed by atoms with van der Waals surface area (Å²) in [4.78, 5) is 18.5. The van der Waals surface area contributed by atoms with Crippen LogP contribution in [0, 0.1) is 0 Å². The van der Waals surface area contributed by atoms with Crippen LogP contribution in [-0.4, -0.2) is 50.5 Å². The lowest BCUT2D eigenvalue weighted by Gasteiger charge is -2.29. The number of fused-ring (bicyclic) bond motifs is 1. The molecule has 0 bridgehead atoms. The maximum Gasteiger partial charge on any atom is 0.253 e. The molecule has 0 saturated carbocycles. The number of nitrogens with zero attached hydrogens (tertiary/aromatic N) is 2. The summed E-state index contributed by atoms with van der Waals surface area (Å²) in [6.07, 6.45) is 1.96. The van der Waals surface area contributed by atoms with Gasteiger partial charge in [0.25, 0.3) is 5.91 Å². The number of hydrogen-bond donors (Lipinski definition) is 2. The monoisotopic (exact) mass is 378 g/mol. The van der Waals surface area contributed by atoms with Gasteiger partial charge in [-0.15, -0.1) is 0 Å². The van der Waals surface area contributed by atoms with E-state index in [4.69, 9.17) is 4.99 Å². The lowest BCUT2D eigenvalue weighted by molar-refractivity contribution is 0.0827. The average molecular weight is 379 g/mol. The van der Waals surface area contributed by atoms with Crippen LogP contribution in [-0.2, 0) is 12.8 Å². The SMILES string of the molecule is CCNC(=NCC1Cc2ccccc21)NCCc1cccc(C(=O)N(C)C)c1. The second-order valence-corrected chi connectivity index (χ2v) is 7.40. The van der Waals surface area contributed by atoms with Crippen LogP contribution < -0.4 is 10.6 Å². The molecule has 2 N–H and O–H groups in total. The van der Waals surface area contributed by atoms with Crippen molar-refractivity contribution in [2.45, 2.75) is 25.7 Å². The van der Waals surface area contributed by atoms with E-state index < -0.39 is 0 Å². The molecule has 2 aromatic rings. The molecule has 1 unspecified atom stereocenters. The molecule has 2 aromatic carbocycles. The van der Waals surface area contributed by atoms with Gasteiger partial charge in [-0.3, -0.25) is 9.79 Å². The van der Waals surface area contributed by atoms with E-state index in [1.165, 1.54) is 11.1 Å². The first kappa shape index (κ1) is 19.9. The van der Waals surface area contributed by atoms with Gasteiger partial charge in [-0.2, -0.15) is 0 Å². The van der Waals surface area contributed by atoms with Gasteiger partial charge < -0.3 is 15.5 Å². The molecule has 0 fully saturated rings. The first-order valence-electron chi connectivity index (χ1n) is 9.99. The highest BCUT2D eigenvalue weighted by Crippen LogP contribution is 2.34. The highest BCUT2D eigenvalue weighted by Gasteiger charge is 2.24. The van der Waals surface area contributed by atoms with Gasteiger partial charge in [-0.25, -0.2) is 0 Å². The third-order valence-corrected chi connectivity index (χ3v) is 5.06. The van der Waals surface area contributed by atoms with Crippen LogP contribution in [0.2, 0.25) is 0 Å². The molecule has 1 aliphatic rings. The Balaban J connectivity index is 1.53. The van der Waals surface area contributed by atoms with E-state index in [-0.39, 0.29) is 5.91 Å². The molecule has 0 aromatic heterocycles. The van der Waals surface area contributed by atoms with E-state index in [1.54, 1.807) is 19.0 Å². The van der Waals surface area contributed by atoms with Crippen LogP contribution in [0.25, 0.3) is 0 Å². The predicted molar refractivity (Wildman–Crippen MR) is 115 cm³/mol. The van der Waals surface area contributed by atoms with Gasteiger partial charge in [0.05, 0.1) is 0 Å². The minimum atomic E-state index is 0.0329. The summed E-state index contributed by atoms with van der Waals surface area (Å²) in [5.41, 5.74) is 4.76. The van der Waals surface area contributed by atoms with Crippen LogP contribution in [0.5, 0.6) is 0 Å². The number of carbonyl (C=O) groups excluding carboxylic acids is 1. The smallest absolute Gasteiger partial charge is 0.253 e. The molecular formula is C23H30N4O. The quantitative estimate of drug-likeness (QED) is 0.575.